The van der Waals surface area contributed by atoms with Gasteiger partial charge in [-0.15, -0.1) is 11.3 Å². The number of rotatable bonds is 1. The monoisotopic (exact) mass is 246 g/mol. The second kappa shape index (κ2) is 3.34. The molecule has 1 aromatic rings. The van der Waals surface area contributed by atoms with Gasteiger partial charge in [0.2, 0.25) is 0 Å². The van der Waals surface area contributed by atoms with Crippen molar-refractivity contribution in [3.05, 3.63) is 8.79 Å². The van der Waals surface area contributed by atoms with Crippen molar-refractivity contribution in [3.63, 3.8) is 0 Å². The van der Waals surface area contributed by atoms with Crippen molar-refractivity contribution in [1.29, 1.82) is 0 Å². The Balaban J connectivity index is 2.21. The first-order valence-electron chi connectivity index (χ1n) is 4.19. The van der Waals surface area contributed by atoms with Gasteiger partial charge in [0.05, 0.1) is 5.01 Å². The number of nitrogens with two attached hydrogens (primary N) is 1. The van der Waals surface area contributed by atoms with E-state index in [0.717, 1.165) is 3.79 Å². The molecular weight excluding hydrogens is 236 g/mol. The molecule has 12 heavy (non-hydrogen) atoms. The maximum Gasteiger partial charge on any atom is 0.149 e. The number of nitrogens with zero attached hydrogens (tertiary/aromatic N) is 1. The lowest BCUT2D eigenvalue weighted by Crippen LogP contribution is -1.92. The van der Waals surface area contributed by atoms with E-state index in [4.69, 9.17) is 5.73 Å². The zero-order chi connectivity index (χ0) is 8.55. The summed E-state index contributed by atoms with van der Waals surface area (Å²) in [4.78, 5) is 4.34. The van der Waals surface area contributed by atoms with Crippen molar-refractivity contribution in [3.8, 4) is 0 Å². The quantitative estimate of drug-likeness (QED) is 0.827. The van der Waals surface area contributed by atoms with E-state index < -0.39 is 0 Å². The molecule has 1 aliphatic carbocycles. The molecule has 0 aromatic carbocycles. The Bertz CT molecular complexity index is 259. The van der Waals surface area contributed by atoms with Gasteiger partial charge < -0.3 is 5.73 Å². The maximum atomic E-state index is 5.66. The van der Waals surface area contributed by atoms with E-state index in [1.54, 1.807) is 11.3 Å². The molecule has 0 atom stereocenters. The van der Waals surface area contributed by atoms with E-state index in [1.165, 1.54) is 30.7 Å². The fraction of sp³-hybridized carbons (Fsp3) is 0.625. The van der Waals surface area contributed by atoms with Crippen LogP contribution in [0.3, 0.4) is 0 Å². The van der Waals surface area contributed by atoms with Crippen LogP contribution in [0.2, 0.25) is 0 Å². The molecule has 2 nitrogen and oxygen atoms in total. The first-order valence-corrected chi connectivity index (χ1v) is 5.80. The van der Waals surface area contributed by atoms with E-state index in [1.807, 2.05) is 0 Å². The fourth-order valence-corrected chi connectivity index (χ4v) is 3.14. The van der Waals surface area contributed by atoms with Crippen LogP contribution in [0.4, 0.5) is 5.82 Å². The van der Waals surface area contributed by atoms with Crippen molar-refractivity contribution < 1.29 is 0 Å². The minimum absolute atomic E-state index is 0.655. The summed E-state index contributed by atoms with van der Waals surface area (Å²) in [6.45, 7) is 0. The number of hydrogen-bond donors (Lipinski definition) is 1. The average molecular weight is 247 g/mol. The summed E-state index contributed by atoms with van der Waals surface area (Å²) in [5.74, 6) is 1.34. The molecule has 0 aliphatic heterocycles. The lowest BCUT2D eigenvalue weighted by atomic mass is 10.1. The molecule has 0 spiro atoms. The maximum absolute atomic E-state index is 5.66. The van der Waals surface area contributed by atoms with Crippen LogP contribution >= 0.6 is 27.3 Å². The number of halogens is 1. The minimum atomic E-state index is 0.655. The first-order chi connectivity index (χ1) is 5.77. The Hall–Kier alpha value is -0.0900. The number of hydrogen-bond acceptors (Lipinski definition) is 3. The van der Waals surface area contributed by atoms with Crippen LogP contribution < -0.4 is 5.73 Å². The van der Waals surface area contributed by atoms with Gasteiger partial charge in [-0.05, 0) is 28.8 Å². The van der Waals surface area contributed by atoms with Gasteiger partial charge in [0, 0.05) is 5.92 Å². The topological polar surface area (TPSA) is 38.9 Å². The van der Waals surface area contributed by atoms with Gasteiger partial charge in [-0.2, -0.15) is 0 Å². The molecule has 0 unspecified atom stereocenters. The lowest BCUT2D eigenvalue weighted by molar-refractivity contribution is 0.717. The van der Waals surface area contributed by atoms with E-state index in [0.29, 0.717) is 11.7 Å². The van der Waals surface area contributed by atoms with Crippen LogP contribution in [0.15, 0.2) is 3.79 Å². The number of thiazole rings is 1. The molecular formula is C8H11BrN2S. The molecule has 0 saturated heterocycles. The third-order valence-electron chi connectivity index (χ3n) is 2.33. The third-order valence-corrected chi connectivity index (χ3v) is 4.24. The van der Waals surface area contributed by atoms with Gasteiger partial charge in [-0.25, -0.2) is 4.98 Å². The molecule has 0 radical (unpaired) electrons. The standard InChI is InChI=1S/C8H11BrN2S/c9-6-7(10)11-8(12-6)5-3-1-2-4-5/h5H,1-4,10H2. The van der Waals surface area contributed by atoms with Gasteiger partial charge in [0.15, 0.2) is 0 Å². The lowest BCUT2D eigenvalue weighted by Gasteiger charge is -2.01. The largest absolute Gasteiger partial charge is 0.382 e. The summed E-state index contributed by atoms with van der Waals surface area (Å²) < 4.78 is 0.990. The van der Waals surface area contributed by atoms with Gasteiger partial charge in [0.1, 0.15) is 9.60 Å². The van der Waals surface area contributed by atoms with Crippen molar-refractivity contribution in [1.82, 2.24) is 4.98 Å². The van der Waals surface area contributed by atoms with Crippen molar-refractivity contribution in [2.24, 2.45) is 0 Å². The average Bonchev–Trinajstić information content (AvgIpc) is 2.61. The van der Waals surface area contributed by atoms with Crippen molar-refractivity contribution >= 4 is 33.1 Å². The zero-order valence-corrected chi connectivity index (χ0v) is 9.12. The Labute approximate surface area is 84.3 Å². The highest BCUT2D eigenvalue weighted by Crippen LogP contribution is 2.39. The molecule has 1 aliphatic rings. The smallest absolute Gasteiger partial charge is 0.149 e. The van der Waals surface area contributed by atoms with Crippen LogP contribution in [-0.2, 0) is 0 Å². The molecule has 1 heterocycles. The van der Waals surface area contributed by atoms with Crippen LogP contribution in [0, 0.1) is 0 Å². The van der Waals surface area contributed by atoms with Gasteiger partial charge in [-0.1, -0.05) is 12.8 Å². The molecule has 4 heteroatoms. The highest BCUT2D eigenvalue weighted by Gasteiger charge is 2.21. The number of nitrogen functional groups attached to an aromatic ring is 1. The fourth-order valence-electron chi connectivity index (χ4n) is 1.68. The molecule has 1 saturated carbocycles. The molecule has 2 rings (SSSR count). The Morgan fingerprint density at radius 3 is 2.58 bits per heavy atom. The predicted octanol–water partition coefficient (Wildman–Crippen LogP) is 3.15. The SMILES string of the molecule is Nc1nc(C2CCCC2)sc1Br. The highest BCUT2D eigenvalue weighted by molar-refractivity contribution is 9.11. The normalized spacial score (nSPS) is 18.8. The van der Waals surface area contributed by atoms with E-state index in [2.05, 4.69) is 20.9 Å². The second-order valence-corrected chi connectivity index (χ2v) is 5.54. The minimum Gasteiger partial charge on any atom is -0.382 e. The molecule has 0 amide bonds. The summed E-state index contributed by atoms with van der Waals surface area (Å²) in [6, 6.07) is 0. The number of anilines is 1. The van der Waals surface area contributed by atoms with Crippen LogP contribution in [0.1, 0.15) is 36.6 Å². The van der Waals surface area contributed by atoms with E-state index >= 15 is 0 Å². The summed E-state index contributed by atoms with van der Waals surface area (Å²) >= 11 is 5.09. The van der Waals surface area contributed by atoms with E-state index in [-0.39, 0.29) is 0 Å². The summed E-state index contributed by atoms with van der Waals surface area (Å²) in [6.07, 6.45) is 5.28. The van der Waals surface area contributed by atoms with Crippen molar-refractivity contribution in [2.45, 2.75) is 31.6 Å². The Morgan fingerprint density at radius 1 is 1.42 bits per heavy atom. The molecule has 66 valence electrons. The van der Waals surface area contributed by atoms with Crippen LogP contribution in [0.5, 0.6) is 0 Å². The summed E-state index contributed by atoms with van der Waals surface area (Å²) in [5, 5.41) is 1.22. The summed E-state index contributed by atoms with van der Waals surface area (Å²) in [5.41, 5.74) is 5.66. The molecule has 2 N–H and O–H groups in total. The third kappa shape index (κ3) is 1.50. The predicted molar refractivity (Wildman–Crippen MR) is 55.4 cm³/mol. The van der Waals surface area contributed by atoms with E-state index in [9.17, 15) is 0 Å². The van der Waals surface area contributed by atoms with Crippen LogP contribution in [0.25, 0.3) is 0 Å². The highest BCUT2D eigenvalue weighted by atomic mass is 79.9. The van der Waals surface area contributed by atoms with Crippen LogP contribution in [-0.4, -0.2) is 4.98 Å². The zero-order valence-electron chi connectivity index (χ0n) is 6.72. The first kappa shape index (κ1) is 8.51. The van der Waals surface area contributed by atoms with Gasteiger partial charge in [0.25, 0.3) is 0 Å². The molecule has 0 bridgehead atoms. The van der Waals surface area contributed by atoms with Crippen molar-refractivity contribution in [2.75, 3.05) is 5.73 Å². The second-order valence-electron chi connectivity index (χ2n) is 3.19. The van der Waals surface area contributed by atoms with Gasteiger partial charge >= 0.3 is 0 Å². The molecule has 1 fully saturated rings. The molecule has 1 aromatic heterocycles. The Kier molecular flexibility index (Phi) is 2.37. The Morgan fingerprint density at radius 2 is 2.08 bits per heavy atom. The summed E-state index contributed by atoms with van der Waals surface area (Å²) in [7, 11) is 0. The van der Waals surface area contributed by atoms with Gasteiger partial charge in [-0.3, -0.25) is 0 Å². The number of aromatic nitrogens is 1.